The summed E-state index contributed by atoms with van der Waals surface area (Å²) in [5.74, 6) is 0. The number of pyridine rings is 1. The Hall–Kier alpha value is -1.13. The van der Waals surface area contributed by atoms with Gasteiger partial charge in [0.2, 0.25) is 0 Å². The molecule has 0 aliphatic rings. The Morgan fingerprint density at radius 2 is 2.25 bits per heavy atom. The van der Waals surface area contributed by atoms with E-state index in [1.54, 1.807) is 25.3 Å². The van der Waals surface area contributed by atoms with Crippen molar-refractivity contribution in [2.45, 2.75) is 19.1 Å². The molecule has 4 nitrogen and oxygen atoms in total. The van der Waals surface area contributed by atoms with Gasteiger partial charge in [0, 0.05) is 11.9 Å². The van der Waals surface area contributed by atoms with E-state index in [1.807, 2.05) is 0 Å². The number of hydrogen-bond acceptors (Lipinski definition) is 4. The lowest BCUT2D eigenvalue weighted by atomic mass is 10.1. The monoisotopic (exact) mass is 167 g/mol. The van der Waals surface area contributed by atoms with Gasteiger partial charge in [0.05, 0.1) is 17.8 Å². The van der Waals surface area contributed by atoms with Gasteiger partial charge in [-0.05, 0) is 19.1 Å². The molecule has 0 saturated heterocycles. The Morgan fingerprint density at radius 1 is 1.58 bits per heavy atom. The largest absolute Gasteiger partial charge is 0.399 e. The zero-order valence-electron chi connectivity index (χ0n) is 6.94. The fourth-order valence-electron chi connectivity index (χ4n) is 0.895. The Labute approximate surface area is 71.2 Å². The Kier molecular flexibility index (Phi) is 2.62. The summed E-state index contributed by atoms with van der Waals surface area (Å²) in [6, 6.07) is 2.88. The van der Waals surface area contributed by atoms with Gasteiger partial charge in [-0.25, -0.2) is 0 Å². The van der Waals surface area contributed by atoms with Crippen molar-refractivity contribution in [2.24, 2.45) is 5.73 Å². The van der Waals surface area contributed by atoms with Crippen LogP contribution in [0.25, 0.3) is 0 Å². The van der Waals surface area contributed by atoms with Gasteiger partial charge in [0.25, 0.3) is 0 Å². The normalized spacial score (nSPS) is 15.6. The summed E-state index contributed by atoms with van der Waals surface area (Å²) >= 11 is 0. The fourth-order valence-corrected chi connectivity index (χ4v) is 0.895. The first-order valence-corrected chi connectivity index (χ1v) is 3.76. The molecular formula is C8H13N3O. The maximum atomic E-state index is 9.16. The zero-order chi connectivity index (χ0) is 9.14. The fraction of sp³-hybridized carbons (Fsp3) is 0.375. The number of nitrogens with zero attached hydrogens (tertiary/aromatic N) is 1. The third kappa shape index (κ3) is 1.93. The highest BCUT2D eigenvalue weighted by Gasteiger charge is 2.12. The molecule has 2 unspecified atom stereocenters. The Morgan fingerprint density at radius 3 is 2.75 bits per heavy atom. The number of aliphatic hydroxyl groups excluding tert-OH is 1. The van der Waals surface area contributed by atoms with Crippen LogP contribution in [0.3, 0.4) is 0 Å². The minimum Gasteiger partial charge on any atom is -0.399 e. The van der Waals surface area contributed by atoms with E-state index in [0.717, 1.165) is 0 Å². The molecule has 1 heterocycles. The van der Waals surface area contributed by atoms with E-state index in [2.05, 4.69) is 4.98 Å². The van der Waals surface area contributed by atoms with Gasteiger partial charge < -0.3 is 16.6 Å². The molecule has 12 heavy (non-hydrogen) atoms. The van der Waals surface area contributed by atoms with Gasteiger partial charge in [-0.15, -0.1) is 0 Å². The summed E-state index contributed by atoms with van der Waals surface area (Å²) in [4.78, 5) is 4.00. The molecule has 0 aliphatic carbocycles. The van der Waals surface area contributed by atoms with E-state index in [0.29, 0.717) is 11.4 Å². The molecule has 0 fully saturated rings. The van der Waals surface area contributed by atoms with Gasteiger partial charge in [-0.3, -0.25) is 4.98 Å². The van der Waals surface area contributed by atoms with Gasteiger partial charge in [-0.1, -0.05) is 0 Å². The zero-order valence-corrected chi connectivity index (χ0v) is 6.94. The van der Waals surface area contributed by atoms with Gasteiger partial charge in [-0.2, -0.15) is 0 Å². The van der Waals surface area contributed by atoms with Crippen LogP contribution in [0.2, 0.25) is 0 Å². The number of nitrogen functional groups attached to an aromatic ring is 1. The predicted octanol–water partition coefficient (Wildman–Crippen LogP) is 0.0444. The van der Waals surface area contributed by atoms with Crippen molar-refractivity contribution in [1.29, 1.82) is 0 Å². The van der Waals surface area contributed by atoms with Crippen LogP contribution in [-0.4, -0.2) is 16.2 Å². The minimum absolute atomic E-state index is 0.464. The topological polar surface area (TPSA) is 85.2 Å². The summed E-state index contributed by atoms with van der Waals surface area (Å²) in [6.45, 7) is 1.62. The summed E-state index contributed by atoms with van der Waals surface area (Å²) in [6.07, 6.45) is 0.965. The Balaban J connectivity index is 2.88. The number of nitrogens with two attached hydrogens (primary N) is 2. The van der Waals surface area contributed by atoms with E-state index < -0.39 is 12.1 Å². The molecule has 0 spiro atoms. The van der Waals surface area contributed by atoms with Crippen LogP contribution in [0.15, 0.2) is 18.3 Å². The second-order valence-corrected chi connectivity index (χ2v) is 2.78. The molecule has 1 aromatic heterocycles. The first kappa shape index (κ1) is 8.96. The van der Waals surface area contributed by atoms with Crippen LogP contribution in [0.4, 0.5) is 5.69 Å². The molecule has 0 aromatic carbocycles. The van der Waals surface area contributed by atoms with Gasteiger partial charge >= 0.3 is 0 Å². The summed E-state index contributed by atoms with van der Waals surface area (Å²) in [7, 11) is 0. The van der Waals surface area contributed by atoms with Crippen molar-refractivity contribution >= 4 is 5.69 Å². The standard InChI is InChI=1S/C8H13N3O/c1-5(12)8(10)7-4-6(9)2-3-11-7/h2-5,8,12H,10H2,1H3,(H2,9,11). The molecular weight excluding hydrogens is 154 g/mol. The number of rotatable bonds is 2. The minimum atomic E-state index is -0.612. The van der Waals surface area contributed by atoms with Crippen molar-refractivity contribution in [2.75, 3.05) is 5.73 Å². The lowest BCUT2D eigenvalue weighted by Crippen LogP contribution is -2.24. The summed E-state index contributed by atoms with van der Waals surface area (Å²) in [5, 5.41) is 9.16. The third-order valence-electron chi connectivity index (χ3n) is 1.67. The number of anilines is 1. The maximum Gasteiger partial charge on any atom is 0.0731 e. The first-order valence-electron chi connectivity index (χ1n) is 3.76. The second-order valence-electron chi connectivity index (χ2n) is 2.78. The molecule has 2 atom stereocenters. The molecule has 1 aromatic rings. The Bertz CT molecular complexity index is 262. The molecule has 4 heteroatoms. The van der Waals surface area contributed by atoms with E-state index in [4.69, 9.17) is 16.6 Å². The molecule has 0 bridgehead atoms. The number of hydrogen-bond donors (Lipinski definition) is 3. The third-order valence-corrected chi connectivity index (χ3v) is 1.67. The quantitative estimate of drug-likeness (QED) is 0.580. The van der Waals surface area contributed by atoms with E-state index in [-0.39, 0.29) is 0 Å². The van der Waals surface area contributed by atoms with Crippen LogP contribution in [0.1, 0.15) is 18.7 Å². The van der Waals surface area contributed by atoms with Crippen LogP contribution in [0, 0.1) is 0 Å². The summed E-state index contributed by atoms with van der Waals surface area (Å²) < 4.78 is 0. The van der Waals surface area contributed by atoms with Crippen molar-refractivity contribution in [3.63, 3.8) is 0 Å². The number of aliphatic hydroxyl groups is 1. The van der Waals surface area contributed by atoms with Crippen molar-refractivity contribution < 1.29 is 5.11 Å². The molecule has 0 radical (unpaired) electrons. The molecule has 5 N–H and O–H groups in total. The molecule has 66 valence electrons. The smallest absolute Gasteiger partial charge is 0.0731 e. The SMILES string of the molecule is CC(O)C(N)c1cc(N)ccn1. The first-order chi connectivity index (χ1) is 5.61. The number of aromatic nitrogens is 1. The molecule has 0 amide bonds. The van der Waals surface area contributed by atoms with Crippen molar-refractivity contribution in [3.8, 4) is 0 Å². The molecule has 1 rings (SSSR count). The van der Waals surface area contributed by atoms with E-state index in [9.17, 15) is 0 Å². The summed E-state index contributed by atoms with van der Waals surface area (Å²) in [5.41, 5.74) is 12.4. The molecule has 0 saturated carbocycles. The highest BCUT2D eigenvalue weighted by Crippen LogP contribution is 2.13. The highest BCUT2D eigenvalue weighted by atomic mass is 16.3. The van der Waals surface area contributed by atoms with Gasteiger partial charge in [0.1, 0.15) is 0 Å². The van der Waals surface area contributed by atoms with Crippen molar-refractivity contribution in [1.82, 2.24) is 4.98 Å². The van der Waals surface area contributed by atoms with Crippen LogP contribution < -0.4 is 11.5 Å². The lowest BCUT2D eigenvalue weighted by Gasteiger charge is -2.13. The highest BCUT2D eigenvalue weighted by molar-refractivity contribution is 5.38. The predicted molar refractivity (Wildman–Crippen MR) is 47.3 cm³/mol. The van der Waals surface area contributed by atoms with Crippen molar-refractivity contribution in [3.05, 3.63) is 24.0 Å². The van der Waals surface area contributed by atoms with E-state index in [1.165, 1.54) is 0 Å². The average Bonchev–Trinajstić information content (AvgIpc) is 2.03. The molecule has 0 aliphatic heterocycles. The van der Waals surface area contributed by atoms with Crippen LogP contribution >= 0.6 is 0 Å². The second kappa shape index (κ2) is 3.51. The van der Waals surface area contributed by atoms with Crippen LogP contribution in [-0.2, 0) is 0 Å². The average molecular weight is 167 g/mol. The van der Waals surface area contributed by atoms with Crippen LogP contribution in [0.5, 0.6) is 0 Å². The maximum absolute atomic E-state index is 9.16. The van der Waals surface area contributed by atoms with E-state index >= 15 is 0 Å². The lowest BCUT2D eigenvalue weighted by molar-refractivity contribution is 0.162. The van der Waals surface area contributed by atoms with Gasteiger partial charge in [0.15, 0.2) is 0 Å².